The molecule has 0 aliphatic carbocycles. The Morgan fingerprint density at radius 2 is 2.00 bits per heavy atom. The fourth-order valence-electron chi connectivity index (χ4n) is 2.05. The topological polar surface area (TPSA) is 102 Å². The minimum Gasteiger partial charge on any atom is -0.463 e. The normalized spacial score (nSPS) is 33.0. The zero-order chi connectivity index (χ0) is 15.3. The Hall–Kier alpha value is -0.830. The van der Waals surface area contributed by atoms with Crippen molar-refractivity contribution in [1.82, 2.24) is 0 Å². The van der Waals surface area contributed by atoms with E-state index in [4.69, 9.17) is 14.2 Å². The second kappa shape index (κ2) is 7.26. The molecule has 116 valence electrons. The van der Waals surface area contributed by atoms with E-state index < -0.39 is 41.8 Å². The van der Waals surface area contributed by atoms with E-state index in [9.17, 15) is 19.8 Å². The third kappa shape index (κ3) is 3.85. The van der Waals surface area contributed by atoms with Crippen LogP contribution in [0.4, 0.5) is 0 Å². The fraction of sp³-hybridized carbons (Fsp3) is 0.833. The molecule has 1 heterocycles. The van der Waals surface area contributed by atoms with Crippen molar-refractivity contribution in [3.8, 4) is 0 Å². The van der Waals surface area contributed by atoms with Crippen LogP contribution in [0.15, 0.2) is 0 Å². The molecule has 0 saturated carbocycles. The van der Waals surface area contributed by atoms with Gasteiger partial charge in [-0.1, -0.05) is 6.92 Å². The molecule has 0 aromatic carbocycles. The number of thioether (sulfide) groups is 1. The molecule has 1 rings (SSSR count). The van der Waals surface area contributed by atoms with E-state index in [2.05, 4.69) is 0 Å². The monoisotopic (exact) mass is 308 g/mol. The van der Waals surface area contributed by atoms with Crippen LogP contribution in [0.3, 0.4) is 0 Å². The Balaban J connectivity index is 2.90. The lowest BCUT2D eigenvalue weighted by atomic mass is 10.1. The molecule has 2 N–H and O–H groups in total. The quantitative estimate of drug-likeness (QED) is 0.644. The summed E-state index contributed by atoms with van der Waals surface area (Å²) in [5.41, 5.74) is 0. The zero-order valence-electron chi connectivity index (χ0n) is 11.7. The molecule has 20 heavy (non-hydrogen) atoms. The van der Waals surface area contributed by atoms with Crippen molar-refractivity contribution >= 4 is 23.7 Å². The van der Waals surface area contributed by atoms with Gasteiger partial charge in [0.1, 0.15) is 18.8 Å². The van der Waals surface area contributed by atoms with Crippen LogP contribution < -0.4 is 0 Å². The third-order valence-electron chi connectivity index (χ3n) is 2.83. The van der Waals surface area contributed by atoms with Crippen molar-refractivity contribution in [1.29, 1.82) is 0 Å². The maximum atomic E-state index is 11.2. The standard InChI is InChI=1S/C12H20O7S/c1-4-20-12(6-13)11(18-8(3)15)10(16)9(19-12)5-17-7(2)14/h9-11,13,16H,4-6H2,1-3H3/t9-,10-,11+,12-/m1/s1. The van der Waals surface area contributed by atoms with Crippen molar-refractivity contribution in [2.75, 3.05) is 19.0 Å². The SMILES string of the molecule is CCS[C@@]1(CO)O[C@H](COC(C)=O)[C@@H](O)[C@@H]1OC(C)=O. The Bertz CT molecular complexity index is 362. The van der Waals surface area contributed by atoms with E-state index in [1.807, 2.05) is 6.92 Å². The molecule has 0 radical (unpaired) electrons. The van der Waals surface area contributed by atoms with Crippen LogP contribution in [-0.2, 0) is 23.8 Å². The van der Waals surface area contributed by atoms with Gasteiger partial charge in [-0.05, 0) is 5.75 Å². The van der Waals surface area contributed by atoms with E-state index in [0.717, 1.165) is 0 Å². The maximum Gasteiger partial charge on any atom is 0.303 e. The van der Waals surface area contributed by atoms with Crippen LogP contribution in [0.2, 0.25) is 0 Å². The molecule has 1 aliphatic heterocycles. The fourth-order valence-corrected chi connectivity index (χ4v) is 3.18. The molecule has 1 aliphatic rings. The molecular formula is C12H20O7S. The lowest BCUT2D eigenvalue weighted by Gasteiger charge is -2.31. The number of aliphatic hydroxyl groups is 2. The average Bonchev–Trinajstić information content (AvgIpc) is 2.62. The van der Waals surface area contributed by atoms with Crippen molar-refractivity contribution in [3.63, 3.8) is 0 Å². The third-order valence-corrected chi connectivity index (χ3v) is 4.06. The number of carbonyl (C=O) groups is 2. The van der Waals surface area contributed by atoms with Crippen LogP contribution in [0.1, 0.15) is 20.8 Å². The Kier molecular flexibility index (Phi) is 6.25. The molecule has 1 saturated heterocycles. The summed E-state index contributed by atoms with van der Waals surface area (Å²) >= 11 is 1.23. The van der Waals surface area contributed by atoms with Gasteiger partial charge < -0.3 is 24.4 Å². The van der Waals surface area contributed by atoms with Gasteiger partial charge >= 0.3 is 11.9 Å². The van der Waals surface area contributed by atoms with Crippen LogP contribution in [0.5, 0.6) is 0 Å². The summed E-state index contributed by atoms with van der Waals surface area (Å²) in [5.74, 6) is -0.500. The van der Waals surface area contributed by atoms with Gasteiger partial charge in [-0.3, -0.25) is 9.59 Å². The molecule has 0 unspecified atom stereocenters. The molecule has 8 heteroatoms. The summed E-state index contributed by atoms with van der Waals surface area (Å²) in [6.45, 7) is 3.70. The van der Waals surface area contributed by atoms with E-state index >= 15 is 0 Å². The second-order valence-electron chi connectivity index (χ2n) is 4.38. The lowest BCUT2D eigenvalue weighted by Crippen LogP contribution is -2.46. The first-order chi connectivity index (χ1) is 9.36. The summed E-state index contributed by atoms with van der Waals surface area (Å²) in [6.07, 6.45) is -3.05. The van der Waals surface area contributed by atoms with Crippen molar-refractivity contribution in [2.24, 2.45) is 0 Å². The Morgan fingerprint density at radius 1 is 1.35 bits per heavy atom. The van der Waals surface area contributed by atoms with Gasteiger partial charge in [0, 0.05) is 13.8 Å². The highest BCUT2D eigenvalue weighted by atomic mass is 32.2. The van der Waals surface area contributed by atoms with Crippen molar-refractivity contribution < 1.29 is 34.0 Å². The van der Waals surface area contributed by atoms with Crippen LogP contribution in [-0.4, -0.2) is 64.4 Å². The van der Waals surface area contributed by atoms with E-state index in [0.29, 0.717) is 5.75 Å². The minimum absolute atomic E-state index is 0.166. The number of carbonyl (C=O) groups excluding carboxylic acids is 2. The highest BCUT2D eigenvalue weighted by Crippen LogP contribution is 2.42. The van der Waals surface area contributed by atoms with Gasteiger partial charge in [-0.2, -0.15) is 0 Å². The molecule has 0 aromatic heterocycles. The first kappa shape index (κ1) is 17.2. The largest absolute Gasteiger partial charge is 0.463 e. The molecule has 0 amide bonds. The van der Waals surface area contributed by atoms with Crippen LogP contribution >= 0.6 is 11.8 Å². The van der Waals surface area contributed by atoms with Gasteiger partial charge in [0.05, 0.1) is 6.61 Å². The number of aliphatic hydroxyl groups excluding tert-OH is 2. The predicted octanol–water partition coefficient (Wildman–Crippen LogP) is -0.317. The summed E-state index contributed by atoms with van der Waals surface area (Å²) in [4.78, 5) is 20.7. The number of hydrogen-bond donors (Lipinski definition) is 2. The van der Waals surface area contributed by atoms with Crippen molar-refractivity contribution in [2.45, 2.75) is 44.0 Å². The first-order valence-corrected chi connectivity index (χ1v) is 7.26. The Morgan fingerprint density at radius 3 is 2.45 bits per heavy atom. The smallest absolute Gasteiger partial charge is 0.303 e. The number of rotatable bonds is 6. The van der Waals surface area contributed by atoms with Crippen LogP contribution in [0, 0.1) is 0 Å². The molecule has 0 bridgehead atoms. The highest BCUT2D eigenvalue weighted by molar-refractivity contribution is 8.00. The van der Waals surface area contributed by atoms with E-state index in [1.54, 1.807) is 0 Å². The van der Waals surface area contributed by atoms with Gasteiger partial charge in [0.25, 0.3) is 0 Å². The van der Waals surface area contributed by atoms with Gasteiger partial charge in [0.15, 0.2) is 11.0 Å². The summed E-state index contributed by atoms with van der Waals surface area (Å²) < 4.78 is 15.5. The number of ether oxygens (including phenoxy) is 3. The van der Waals surface area contributed by atoms with E-state index in [-0.39, 0.29) is 6.61 Å². The second-order valence-corrected chi connectivity index (χ2v) is 5.94. The molecule has 4 atom stereocenters. The molecule has 0 aromatic rings. The average molecular weight is 308 g/mol. The summed E-state index contributed by atoms with van der Waals surface area (Å²) in [6, 6.07) is 0. The number of hydrogen-bond acceptors (Lipinski definition) is 8. The van der Waals surface area contributed by atoms with Gasteiger partial charge in [-0.15, -0.1) is 11.8 Å². The van der Waals surface area contributed by atoms with Crippen LogP contribution in [0.25, 0.3) is 0 Å². The molecule has 0 spiro atoms. The van der Waals surface area contributed by atoms with Crippen molar-refractivity contribution in [3.05, 3.63) is 0 Å². The summed E-state index contributed by atoms with van der Waals surface area (Å²) in [7, 11) is 0. The molecule has 1 fully saturated rings. The Labute approximate surface area is 121 Å². The first-order valence-electron chi connectivity index (χ1n) is 6.27. The number of esters is 2. The predicted molar refractivity (Wildman–Crippen MR) is 71.0 cm³/mol. The molecular weight excluding hydrogens is 288 g/mol. The summed E-state index contributed by atoms with van der Waals surface area (Å²) in [5, 5.41) is 19.8. The minimum atomic E-state index is -1.25. The van der Waals surface area contributed by atoms with Gasteiger partial charge in [0.2, 0.25) is 0 Å². The van der Waals surface area contributed by atoms with E-state index in [1.165, 1.54) is 25.6 Å². The zero-order valence-corrected chi connectivity index (χ0v) is 12.5. The molecule has 7 nitrogen and oxygen atoms in total. The lowest BCUT2D eigenvalue weighted by molar-refractivity contribution is -0.155. The highest BCUT2D eigenvalue weighted by Gasteiger charge is 2.57. The maximum absolute atomic E-state index is 11.2. The van der Waals surface area contributed by atoms with Gasteiger partial charge in [-0.25, -0.2) is 0 Å².